The summed E-state index contributed by atoms with van der Waals surface area (Å²) in [6.07, 6.45) is 1.51. The Bertz CT molecular complexity index is 1000. The van der Waals surface area contributed by atoms with E-state index in [0.717, 1.165) is 15.8 Å². The first-order valence-electron chi connectivity index (χ1n) is 7.50. The van der Waals surface area contributed by atoms with E-state index in [-0.39, 0.29) is 28.8 Å². The number of nitrogens with two attached hydrogens (primary N) is 1. The maximum absolute atomic E-state index is 12.0. The zero-order chi connectivity index (χ0) is 18.7. The summed E-state index contributed by atoms with van der Waals surface area (Å²) in [5.74, 6) is -0.205. The summed E-state index contributed by atoms with van der Waals surface area (Å²) in [5.41, 5.74) is 10.2. The molecule has 0 aliphatic heterocycles. The van der Waals surface area contributed by atoms with Gasteiger partial charge in [0.1, 0.15) is 0 Å². The number of benzene rings is 2. The van der Waals surface area contributed by atoms with Gasteiger partial charge in [0.15, 0.2) is 16.6 Å². The molecule has 9 heteroatoms. The molecular formula is C17H15ClN4O3S. The third kappa shape index (κ3) is 3.87. The number of rotatable bonds is 5. The number of fused-ring (bicyclic) bond motifs is 1. The van der Waals surface area contributed by atoms with Crippen molar-refractivity contribution in [3.05, 3.63) is 46.5 Å². The van der Waals surface area contributed by atoms with Gasteiger partial charge in [-0.1, -0.05) is 29.0 Å². The fourth-order valence-electron chi connectivity index (χ4n) is 2.32. The highest BCUT2D eigenvalue weighted by atomic mass is 35.5. The molecular weight excluding hydrogens is 376 g/mol. The summed E-state index contributed by atoms with van der Waals surface area (Å²) in [6, 6.07) is 8.71. The zero-order valence-electron chi connectivity index (χ0n) is 13.7. The van der Waals surface area contributed by atoms with Crippen LogP contribution in [0.15, 0.2) is 35.4 Å². The molecule has 1 aromatic heterocycles. The van der Waals surface area contributed by atoms with Gasteiger partial charge in [-0.05, 0) is 29.8 Å². The molecule has 0 unspecified atom stereocenters. The molecule has 1 amide bonds. The second kappa shape index (κ2) is 7.59. The first-order chi connectivity index (χ1) is 12.5. The van der Waals surface area contributed by atoms with Crippen molar-refractivity contribution in [3.63, 3.8) is 0 Å². The molecule has 0 radical (unpaired) electrons. The summed E-state index contributed by atoms with van der Waals surface area (Å²) in [6.45, 7) is 0. The molecule has 134 valence electrons. The Hall–Kier alpha value is -2.84. The van der Waals surface area contributed by atoms with E-state index in [1.165, 1.54) is 24.7 Å². The molecule has 0 aliphatic carbocycles. The first-order valence-corrected chi connectivity index (χ1v) is 8.69. The van der Waals surface area contributed by atoms with Gasteiger partial charge in [-0.2, -0.15) is 5.10 Å². The van der Waals surface area contributed by atoms with Crippen LogP contribution >= 0.6 is 22.9 Å². The SMILES string of the molecule is COc1ccc(/C=N\NC(=O)Cc2ccc3nc(N)sc3c2)c(Cl)c1O. The van der Waals surface area contributed by atoms with Crippen LogP contribution in [0.5, 0.6) is 11.5 Å². The minimum atomic E-state index is -0.285. The van der Waals surface area contributed by atoms with Gasteiger partial charge in [0.25, 0.3) is 0 Å². The number of anilines is 1. The van der Waals surface area contributed by atoms with E-state index in [1.807, 2.05) is 18.2 Å². The highest BCUT2D eigenvalue weighted by Gasteiger charge is 2.10. The van der Waals surface area contributed by atoms with Crippen molar-refractivity contribution in [2.45, 2.75) is 6.42 Å². The number of phenols is 1. The Morgan fingerprint density at radius 3 is 3.04 bits per heavy atom. The van der Waals surface area contributed by atoms with E-state index in [2.05, 4.69) is 15.5 Å². The van der Waals surface area contributed by atoms with Crippen LogP contribution in [-0.2, 0) is 11.2 Å². The van der Waals surface area contributed by atoms with Gasteiger partial charge in [-0.25, -0.2) is 10.4 Å². The topological polar surface area (TPSA) is 110 Å². The molecule has 0 aliphatic rings. The lowest BCUT2D eigenvalue weighted by Crippen LogP contribution is -2.19. The van der Waals surface area contributed by atoms with Gasteiger partial charge in [0.2, 0.25) is 5.91 Å². The number of carbonyl (C=O) groups excluding carboxylic acids is 1. The molecule has 0 spiro atoms. The molecule has 0 bridgehead atoms. The van der Waals surface area contributed by atoms with Crippen molar-refractivity contribution < 1.29 is 14.6 Å². The van der Waals surface area contributed by atoms with Crippen LogP contribution in [0.25, 0.3) is 10.2 Å². The molecule has 0 saturated carbocycles. The van der Waals surface area contributed by atoms with Gasteiger partial charge in [-0.15, -0.1) is 0 Å². The lowest BCUT2D eigenvalue weighted by molar-refractivity contribution is -0.120. The number of halogens is 1. The predicted molar refractivity (Wildman–Crippen MR) is 103 cm³/mol. The number of hydrogen-bond acceptors (Lipinski definition) is 7. The summed E-state index contributed by atoms with van der Waals surface area (Å²) in [4.78, 5) is 16.2. The fraction of sp³-hybridized carbons (Fsp3) is 0.118. The molecule has 0 atom stereocenters. The van der Waals surface area contributed by atoms with E-state index in [4.69, 9.17) is 22.1 Å². The first kappa shape index (κ1) is 18.0. The summed E-state index contributed by atoms with van der Waals surface area (Å²) < 4.78 is 5.89. The summed E-state index contributed by atoms with van der Waals surface area (Å²) in [5, 5.41) is 14.3. The van der Waals surface area contributed by atoms with Crippen LogP contribution in [0.3, 0.4) is 0 Å². The Balaban J connectivity index is 1.64. The molecule has 0 saturated heterocycles. The molecule has 26 heavy (non-hydrogen) atoms. The number of amides is 1. The number of nitrogens with zero attached hydrogens (tertiary/aromatic N) is 2. The Morgan fingerprint density at radius 2 is 2.27 bits per heavy atom. The van der Waals surface area contributed by atoms with Crippen molar-refractivity contribution in [2.75, 3.05) is 12.8 Å². The maximum Gasteiger partial charge on any atom is 0.244 e. The fourth-order valence-corrected chi connectivity index (χ4v) is 3.33. The van der Waals surface area contributed by atoms with E-state index in [1.54, 1.807) is 12.1 Å². The van der Waals surface area contributed by atoms with Crippen molar-refractivity contribution in [2.24, 2.45) is 5.10 Å². The molecule has 3 rings (SSSR count). The lowest BCUT2D eigenvalue weighted by atomic mass is 10.1. The smallest absolute Gasteiger partial charge is 0.244 e. The normalized spacial score (nSPS) is 11.2. The third-order valence-electron chi connectivity index (χ3n) is 3.56. The summed E-state index contributed by atoms with van der Waals surface area (Å²) in [7, 11) is 1.43. The van der Waals surface area contributed by atoms with Crippen molar-refractivity contribution >= 4 is 50.4 Å². The number of carbonyl (C=O) groups is 1. The van der Waals surface area contributed by atoms with Crippen LogP contribution in [0.4, 0.5) is 5.13 Å². The number of hydrogen-bond donors (Lipinski definition) is 3. The molecule has 3 aromatic rings. The number of phenolic OH excluding ortho intramolecular Hbond substituents is 1. The van der Waals surface area contributed by atoms with E-state index in [0.29, 0.717) is 10.7 Å². The van der Waals surface area contributed by atoms with Gasteiger partial charge >= 0.3 is 0 Å². The predicted octanol–water partition coefficient (Wildman–Crippen LogP) is 2.94. The van der Waals surface area contributed by atoms with Gasteiger partial charge in [-0.3, -0.25) is 4.79 Å². The molecule has 1 heterocycles. The number of methoxy groups -OCH3 is 1. The monoisotopic (exact) mass is 390 g/mol. The van der Waals surface area contributed by atoms with Crippen molar-refractivity contribution in [1.29, 1.82) is 0 Å². The van der Waals surface area contributed by atoms with Gasteiger partial charge in [0, 0.05) is 5.56 Å². The molecule has 0 fully saturated rings. The molecule has 7 nitrogen and oxygen atoms in total. The second-order valence-electron chi connectivity index (χ2n) is 5.34. The largest absolute Gasteiger partial charge is 0.503 e. The Morgan fingerprint density at radius 1 is 1.46 bits per heavy atom. The van der Waals surface area contributed by atoms with Crippen molar-refractivity contribution in [1.82, 2.24) is 10.4 Å². The quantitative estimate of drug-likeness (QED) is 0.458. The lowest BCUT2D eigenvalue weighted by Gasteiger charge is -2.06. The number of aromatic nitrogens is 1. The van der Waals surface area contributed by atoms with Crippen LogP contribution in [0.1, 0.15) is 11.1 Å². The minimum absolute atomic E-state index is 0.0931. The van der Waals surface area contributed by atoms with Crippen LogP contribution < -0.4 is 15.9 Å². The number of ether oxygens (including phenoxy) is 1. The minimum Gasteiger partial charge on any atom is -0.503 e. The van der Waals surface area contributed by atoms with E-state index < -0.39 is 0 Å². The molecule has 4 N–H and O–H groups in total. The average molecular weight is 391 g/mol. The number of nitrogens with one attached hydrogen (secondary N) is 1. The standard InChI is InChI=1S/C17H15ClN4O3S/c1-25-12-5-3-10(15(18)16(12)24)8-20-22-14(23)7-9-2-4-11-13(6-9)26-17(19)21-11/h2-6,8,24H,7H2,1H3,(H2,19,21)(H,22,23)/b20-8-. The average Bonchev–Trinajstić information content (AvgIpc) is 2.98. The van der Waals surface area contributed by atoms with Crippen LogP contribution in [0.2, 0.25) is 5.02 Å². The van der Waals surface area contributed by atoms with E-state index >= 15 is 0 Å². The highest BCUT2D eigenvalue weighted by molar-refractivity contribution is 7.22. The van der Waals surface area contributed by atoms with Crippen LogP contribution in [-0.4, -0.2) is 29.3 Å². The van der Waals surface area contributed by atoms with Crippen molar-refractivity contribution in [3.8, 4) is 11.5 Å². The third-order valence-corrected chi connectivity index (χ3v) is 4.80. The number of thiazole rings is 1. The second-order valence-corrected chi connectivity index (χ2v) is 6.78. The van der Waals surface area contributed by atoms with Gasteiger partial charge < -0.3 is 15.6 Å². The highest BCUT2D eigenvalue weighted by Crippen LogP contribution is 2.35. The molecule has 2 aromatic carbocycles. The van der Waals surface area contributed by atoms with Gasteiger partial charge in [0.05, 0.1) is 35.0 Å². The zero-order valence-corrected chi connectivity index (χ0v) is 15.3. The number of aromatic hydroxyl groups is 1. The van der Waals surface area contributed by atoms with Crippen LogP contribution in [0, 0.1) is 0 Å². The Kier molecular flexibility index (Phi) is 5.24. The Labute approximate surface area is 158 Å². The van der Waals surface area contributed by atoms with E-state index in [9.17, 15) is 9.90 Å². The number of nitrogen functional groups attached to an aromatic ring is 1. The summed E-state index contributed by atoms with van der Waals surface area (Å²) >= 11 is 7.40. The maximum atomic E-state index is 12.0. The number of hydrazone groups is 1.